The Morgan fingerprint density at radius 1 is 1.13 bits per heavy atom. The van der Waals surface area contributed by atoms with Gasteiger partial charge in [-0.05, 0) is 43.3 Å². The molecular weight excluding hydrogens is 392 g/mol. The zero-order valence-electron chi connectivity index (χ0n) is 17.3. The second-order valence-electron chi connectivity index (χ2n) is 7.68. The van der Waals surface area contributed by atoms with Gasteiger partial charge in [-0.1, -0.05) is 18.2 Å². The normalized spacial score (nSPS) is 14.7. The summed E-state index contributed by atoms with van der Waals surface area (Å²) in [6.45, 7) is 6.03. The van der Waals surface area contributed by atoms with Crippen molar-refractivity contribution < 1.29 is 9.53 Å². The van der Waals surface area contributed by atoms with E-state index in [0.717, 1.165) is 61.1 Å². The van der Waals surface area contributed by atoms with Crippen LogP contribution in [0.15, 0.2) is 54.6 Å². The third-order valence-corrected chi connectivity index (χ3v) is 5.39. The van der Waals surface area contributed by atoms with Crippen LogP contribution in [-0.2, 0) is 11.3 Å². The van der Waals surface area contributed by atoms with Gasteiger partial charge in [-0.3, -0.25) is 9.69 Å². The molecule has 0 aliphatic carbocycles. The van der Waals surface area contributed by atoms with Crippen molar-refractivity contribution >= 4 is 22.6 Å². The molecule has 0 unspecified atom stereocenters. The van der Waals surface area contributed by atoms with Gasteiger partial charge in [-0.2, -0.15) is 5.10 Å². The molecule has 31 heavy (non-hydrogen) atoms. The van der Waals surface area contributed by atoms with Crippen molar-refractivity contribution in [2.45, 2.75) is 13.5 Å². The number of rotatable bonds is 5. The van der Waals surface area contributed by atoms with Gasteiger partial charge in [0.1, 0.15) is 5.82 Å². The zero-order valence-corrected chi connectivity index (χ0v) is 17.3. The van der Waals surface area contributed by atoms with Crippen LogP contribution >= 0.6 is 0 Å². The zero-order chi connectivity index (χ0) is 21.2. The van der Waals surface area contributed by atoms with E-state index in [-0.39, 0.29) is 5.91 Å². The number of aromatic nitrogens is 4. The number of hydrogen-bond acceptors (Lipinski definition) is 5. The molecule has 2 aromatic carbocycles. The fourth-order valence-corrected chi connectivity index (χ4v) is 3.80. The predicted octanol–water partition coefficient (Wildman–Crippen LogP) is 3.14. The first-order valence-corrected chi connectivity index (χ1v) is 10.4. The van der Waals surface area contributed by atoms with Crippen molar-refractivity contribution in [2.24, 2.45) is 0 Å². The van der Waals surface area contributed by atoms with Crippen LogP contribution in [0.4, 0.5) is 5.69 Å². The summed E-state index contributed by atoms with van der Waals surface area (Å²) in [5, 5.41) is 7.42. The Balaban J connectivity index is 1.31. The number of fused-ring (bicyclic) bond motifs is 1. The number of anilines is 1. The van der Waals surface area contributed by atoms with E-state index in [1.165, 1.54) is 0 Å². The minimum Gasteiger partial charge on any atom is -0.379 e. The van der Waals surface area contributed by atoms with E-state index in [1.807, 2.05) is 55.5 Å². The number of amides is 1. The molecule has 0 spiro atoms. The molecule has 2 N–H and O–H groups in total. The fourth-order valence-electron chi connectivity index (χ4n) is 3.80. The van der Waals surface area contributed by atoms with Crippen molar-refractivity contribution in [3.8, 4) is 5.69 Å². The monoisotopic (exact) mass is 416 g/mol. The van der Waals surface area contributed by atoms with Gasteiger partial charge in [0, 0.05) is 24.5 Å². The highest BCUT2D eigenvalue weighted by atomic mass is 16.5. The predicted molar refractivity (Wildman–Crippen MR) is 118 cm³/mol. The molecule has 5 rings (SSSR count). The van der Waals surface area contributed by atoms with E-state index in [1.54, 1.807) is 10.7 Å². The largest absolute Gasteiger partial charge is 0.379 e. The van der Waals surface area contributed by atoms with Crippen LogP contribution in [-0.4, -0.2) is 56.9 Å². The molecule has 4 aromatic rings. The average Bonchev–Trinajstić information content (AvgIpc) is 3.37. The van der Waals surface area contributed by atoms with E-state index < -0.39 is 0 Å². The van der Waals surface area contributed by atoms with Crippen LogP contribution in [0.3, 0.4) is 0 Å². The lowest BCUT2D eigenvalue weighted by molar-refractivity contribution is 0.0332. The average molecular weight is 416 g/mol. The first-order valence-electron chi connectivity index (χ1n) is 10.4. The summed E-state index contributed by atoms with van der Waals surface area (Å²) < 4.78 is 7.17. The van der Waals surface area contributed by atoms with Crippen LogP contribution in [0.2, 0.25) is 0 Å². The Kier molecular flexibility index (Phi) is 5.23. The molecule has 0 radical (unpaired) electrons. The Morgan fingerprint density at radius 3 is 2.74 bits per heavy atom. The van der Waals surface area contributed by atoms with Gasteiger partial charge in [-0.15, -0.1) is 0 Å². The molecular formula is C23H24N6O2. The lowest BCUT2D eigenvalue weighted by Crippen LogP contribution is -2.35. The molecule has 0 atom stereocenters. The van der Waals surface area contributed by atoms with Crippen LogP contribution in [0.25, 0.3) is 16.7 Å². The van der Waals surface area contributed by atoms with Crippen molar-refractivity contribution in [2.75, 3.05) is 31.6 Å². The number of H-pyrrole nitrogens is 1. The van der Waals surface area contributed by atoms with Gasteiger partial charge in [0.25, 0.3) is 5.91 Å². The fraction of sp³-hybridized carbons (Fsp3) is 0.261. The van der Waals surface area contributed by atoms with Crippen LogP contribution in [0.5, 0.6) is 0 Å². The molecule has 8 heteroatoms. The summed E-state index contributed by atoms with van der Waals surface area (Å²) in [4.78, 5) is 23.1. The van der Waals surface area contributed by atoms with E-state index in [4.69, 9.17) is 4.74 Å². The molecule has 3 heterocycles. The second-order valence-corrected chi connectivity index (χ2v) is 7.68. The number of para-hydroxylation sites is 1. The Bertz CT molecular complexity index is 1210. The first kappa shape index (κ1) is 19.5. The maximum atomic E-state index is 12.8. The molecule has 1 saturated heterocycles. The summed E-state index contributed by atoms with van der Waals surface area (Å²) in [5.74, 6) is 0.669. The summed E-state index contributed by atoms with van der Waals surface area (Å²) in [6, 6.07) is 17.2. The van der Waals surface area contributed by atoms with Gasteiger partial charge in [-0.25, -0.2) is 9.67 Å². The van der Waals surface area contributed by atoms with Crippen LogP contribution in [0.1, 0.15) is 22.0 Å². The third kappa shape index (κ3) is 4.21. The van der Waals surface area contributed by atoms with Crippen LogP contribution < -0.4 is 5.32 Å². The minimum atomic E-state index is -0.245. The number of aromatic amines is 1. The van der Waals surface area contributed by atoms with Crippen LogP contribution in [0, 0.1) is 6.92 Å². The lowest BCUT2D eigenvalue weighted by atomic mass is 10.2. The lowest BCUT2D eigenvalue weighted by Gasteiger charge is -2.25. The van der Waals surface area contributed by atoms with E-state index in [2.05, 4.69) is 25.3 Å². The number of nitrogens with one attached hydrogen (secondary N) is 2. The van der Waals surface area contributed by atoms with Crippen molar-refractivity contribution in [1.82, 2.24) is 24.6 Å². The molecule has 1 aliphatic rings. The number of aryl methyl sites for hydroxylation is 1. The molecule has 8 nitrogen and oxygen atoms in total. The summed E-state index contributed by atoms with van der Waals surface area (Å²) in [5.41, 5.74) is 4.67. The van der Waals surface area contributed by atoms with Gasteiger partial charge in [0.2, 0.25) is 0 Å². The smallest absolute Gasteiger partial charge is 0.276 e. The summed E-state index contributed by atoms with van der Waals surface area (Å²) in [7, 11) is 0. The standard InChI is InChI=1S/C23H24N6O2/c1-16-13-21(27-29(16)18-5-3-2-4-6-18)23(30)24-17-7-8-19-20(14-17)26-22(25-19)15-28-9-11-31-12-10-28/h2-8,13-14H,9-12,15H2,1H3,(H,24,30)(H,25,26). The summed E-state index contributed by atoms with van der Waals surface area (Å²) >= 11 is 0. The molecule has 158 valence electrons. The Hall–Kier alpha value is -3.49. The first-order chi connectivity index (χ1) is 15.2. The van der Waals surface area contributed by atoms with Gasteiger partial charge in [0.15, 0.2) is 5.69 Å². The Labute approximate surface area is 179 Å². The SMILES string of the molecule is Cc1cc(C(=O)Nc2ccc3nc(CN4CCOCC4)[nH]c3c2)nn1-c1ccccc1. The maximum absolute atomic E-state index is 12.8. The minimum absolute atomic E-state index is 0.245. The van der Waals surface area contributed by atoms with E-state index >= 15 is 0 Å². The van der Waals surface area contributed by atoms with Crippen molar-refractivity contribution in [1.29, 1.82) is 0 Å². The van der Waals surface area contributed by atoms with Crippen molar-refractivity contribution in [3.63, 3.8) is 0 Å². The van der Waals surface area contributed by atoms with E-state index in [9.17, 15) is 4.79 Å². The highest BCUT2D eigenvalue weighted by Crippen LogP contribution is 2.19. The number of hydrogen-bond donors (Lipinski definition) is 2. The highest BCUT2D eigenvalue weighted by Gasteiger charge is 2.15. The highest BCUT2D eigenvalue weighted by molar-refractivity contribution is 6.03. The molecule has 0 bridgehead atoms. The molecule has 1 amide bonds. The van der Waals surface area contributed by atoms with Crippen molar-refractivity contribution in [3.05, 3.63) is 71.8 Å². The van der Waals surface area contributed by atoms with Gasteiger partial charge in [0.05, 0.1) is 36.5 Å². The number of morpholine rings is 1. The Morgan fingerprint density at radius 2 is 1.94 bits per heavy atom. The quantitative estimate of drug-likeness (QED) is 0.522. The van der Waals surface area contributed by atoms with E-state index in [0.29, 0.717) is 11.4 Å². The summed E-state index contributed by atoms with van der Waals surface area (Å²) in [6.07, 6.45) is 0. The van der Waals surface area contributed by atoms with Gasteiger partial charge >= 0.3 is 0 Å². The third-order valence-electron chi connectivity index (χ3n) is 5.39. The topological polar surface area (TPSA) is 88.1 Å². The molecule has 1 aliphatic heterocycles. The number of imidazole rings is 1. The molecule has 2 aromatic heterocycles. The number of nitrogens with zero attached hydrogens (tertiary/aromatic N) is 4. The number of benzene rings is 2. The maximum Gasteiger partial charge on any atom is 0.276 e. The number of carbonyl (C=O) groups is 1. The molecule has 1 fully saturated rings. The van der Waals surface area contributed by atoms with Gasteiger partial charge < -0.3 is 15.0 Å². The molecule has 0 saturated carbocycles. The second kappa shape index (κ2) is 8.33. The number of carbonyl (C=O) groups excluding carboxylic acids is 1. The number of ether oxygens (including phenoxy) is 1.